The van der Waals surface area contributed by atoms with Crippen molar-refractivity contribution in [3.63, 3.8) is 0 Å². The number of ether oxygens (including phenoxy) is 2. The molecule has 0 amide bonds. The maximum atomic E-state index is 9.50. The molecule has 1 aromatic carbocycles. The highest BCUT2D eigenvalue weighted by atomic mass is 16.5. The van der Waals surface area contributed by atoms with Gasteiger partial charge in [0.15, 0.2) is 0 Å². The molecule has 152 valence electrons. The Morgan fingerprint density at radius 1 is 0.931 bits per heavy atom. The highest BCUT2D eigenvalue weighted by molar-refractivity contribution is 5.76. The van der Waals surface area contributed by atoms with Gasteiger partial charge in [0.2, 0.25) is 17.8 Å². The summed E-state index contributed by atoms with van der Waals surface area (Å²) in [7, 11) is 0. The second-order valence-electron chi connectivity index (χ2n) is 7.06. The monoisotopic (exact) mass is 397 g/mol. The number of benzene rings is 1. The van der Waals surface area contributed by atoms with E-state index in [4.69, 9.17) is 24.4 Å². The number of fused-ring (bicyclic) bond motifs is 1. The highest BCUT2D eigenvalue weighted by Crippen LogP contribution is 2.22. The predicted molar refractivity (Wildman–Crippen MR) is 107 cm³/mol. The molecule has 2 fully saturated rings. The first-order valence-electron chi connectivity index (χ1n) is 9.80. The lowest BCUT2D eigenvalue weighted by Crippen LogP contribution is -2.45. The molecule has 2 aromatic heterocycles. The van der Waals surface area contributed by atoms with Gasteiger partial charge in [0.25, 0.3) is 0 Å². The minimum Gasteiger partial charge on any atom is -0.394 e. The fourth-order valence-electron chi connectivity index (χ4n) is 3.63. The van der Waals surface area contributed by atoms with Crippen LogP contribution in [0.4, 0.5) is 11.9 Å². The fraction of sp³-hybridized carbons (Fsp3) is 0.474. The molecule has 0 radical (unpaired) electrons. The lowest BCUT2D eigenvalue weighted by atomic mass is 10.3. The molecular weight excluding hydrogens is 374 g/mol. The Kier molecular flexibility index (Phi) is 4.96. The molecule has 2 aliphatic heterocycles. The Hall–Kier alpha value is -2.82. The molecule has 2 saturated heterocycles. The summed E-state index contributed by atoms with van der Waals surface area (Å²) in [4.78, 5) is 22.9. The Labute approximate surface area is 167 Å². The number of morpholine rings is 2. The number of anilines is 2. The largest absolute Gasteiger partial charge is 0.394 e. The summed E-state index contributed by atoms with van der Waals surface area (Å²) in [5.41, 5.74) is 1.82. The molecular formula is C19H23N7O3. The van der Waals surface area contributed by atoms with Crippen molar-refractivity contribution in [3.8, 4) is 5.95 Å². The van der Waals surface area contributed by atoms with Gasteiger partial charge in [0.05, 0.1) is 43.6 Å². The van der Waals surface area contributed by atoms with Gasteiger partial charge < -0.3 is 24.4 Å². The van der Waals surface area contributed by atoms with Gasteiger partial charge in [-0.2, -0.15) is 15.0 Å². The number of nitrogens with zero attached hydrogens (tertiary/aromatic N) is 7. The minimum atomic E-state index is -0.245. The van der Waals surface area contributed by atoms with E-state index in [0.717, 1.165) is 24.1 Å². The maximum absolute atomic E-state index is 9.50. The van der Waals surface area contributed by atoms with Crippen molar-refractivity contribution in [1.82, 2.24) is 24.5 Å². The maximum Gasteiger partial charge on any atom is 0.242 e. The molecule has 0 saturated carbocycles. The zero-order valence-electron chi connectivity index (χ0n) is 16.0. The number of hydrogen-bond donors (Lipinski definition) is 1. The number of imidazole rings is 1. The van der Waals surface area contributed by atoms with Gasteiger partial charge in [-0.3, -0.25) is 4.57 Å². The van der Waals surface area contributed by atoms with Crippen LogP contribution in [0, 0.1) is 0 Å². The average Bonchev–Trinajstić information content (AvgIpc) is 3.24. The lowest BCUT2D eigenvalue weighted by molar-refractivity contribution is 0.00313. The summed E-state index contributed by atoms with van der Waals surface area (Å²) in [5, 5.41) is 9.50. The zero-order chi connectivity index (χ0) is 19.6. The van der Waals surface area contributed by atoms with Gasteiger partial charge in [-0.25, -0.2) is 4.98 Å². The number of rotatable bonds is 4. The van der Waals surface area contributed by atoms with E-state index in [9.17, 15) is 5.11 Å². The summed E-state index contributed by atoms with van der Waals surface area (Å²) in [5.74, 6) is 1.73. The van der Waals surface area contributed by atoms with Crippen LogP contribution in [0.15, 0.2) is 30.6 Å². The summed E-state index contributed by atoms with van der Waals surface area (Å²) in [6.07, 6.45) is 1.49. The standard InChI is InChI=1S/C19H23N7O3/c27-12-14-11-25(7-10-29-14)18-21-17(24-5-8-28-9-6-24)22-19(23-18)26-13-20-15-3-1-2-4-16(15)26/h1-4,13-14,27H,5-12H2. The van der Waals surface area contributed by atoms with Crippen molar-refractivity contribution in [2.45, 2.75) is 6.10 Å². The normalized spacial score (nSPS) is 20.4. The van der Waals surface area contributed by atoms with Crippen molar-refractivity contribution < 1.29 is 14.6 Å². The van der Waals surface area contributed by atoms with Crippen LogP contribution in [0.2, 0.25) is 0 Å². The van der Waals surface area contributed by atoms with Crippen LogP contribution >= 0.6 is 0 Å². The zero-order valence-corrected chi connectivity index (χ0v) is 16.0. The number of hydrogen-bond acceptors (Lipinski definition) is 9. The third-order valence-corrected chi connectivity index (χ3v) is 5.19. The van der Waals surface area contributed by atoms with Gasteiger partial charge in [-0.05, 0) is 12.1 Å². The third-order valence-electron chi connectivity index (χ3n) is 5.19. The van der Waals surface area contributed by atoms with Crippen LogP contribution in [0.25, 0.3) is 17.0 Å². The van der Waals surface area contributed by atoms with Crippen LogP contribution in [-0.2, 0) is 9.47 Å². The van der Waals surface area contributed by atoms with Crippen molar-refractivity contribution >= 4 is 22.9 Å². The van der Waals surface area contributed by atoms with Crippen molar-refractivity contribution in [1.29, 1.82) is 0 Å². The van der Waals surface area contributed by atoms with E-state index in [1.54, 1.807) is 6.33 Å². The highest BCUT2D eigenvalue weighted by Gasteiger charge is 2.25. The number of aliphatic hydroxyl groups excluding tert-OH is 1. The van der Waals surface area contributed by atoms with Crippen molar-refractivity contribution in [3.05, 3.63) is 30.6 Å². The number of aliphatic hydroxyl groups is 1. The molecule has 10 heteroatoms. The van der Waals surface area contributed by atoms with Gasteiger partial charge in [0, 0.05) is 26.2 Å². The first kappa shape index (κ1) is 18.2. The molecule has 5 rings (SSSR count). The van der Waals surface area contributed by atoms with Gasteiger partial charge in [-0.1, -0.05) is 12.1 Å². The SMILES string of the molecule is OCC1CN(c2nc(N3CCOCC3)nc(-n3cnc4ccccc43)n2)CCO1. The van der Waals surface area contributed by atoms with E-state index in [2.05, 4.69) is 9.88 Å². The van der Waals surface area contributed by atoms with Crippen LogP contribution in [-0.4, -0.2) is 88.3 Å². The summed E-state index contributed by atoms with van der Waals surface area (Å²) >= 11 is 0. The first-order valence-corrected chi connectivity index (χ1v) is 9.80. The van der Waals surface area contributed by atoms with Crippen molar-refractivity contribution in [2.24, 2.45) is 0 Å². The lowest BCUT2D eigenvalue weighted by Gasteiger charge is -2.33. The number of para-hydroxylation sites is 2. The quantitative estimate of drug-likeness (QED) is 0.663. The second kappa shape index (κ2) is 7.90. The molecule has 2 aliphatic rings. The van der Waals surface area contributed by atoms with Crippen LogP contribution in [0.1, 0.15) is 0 Å². The summed E-state index contributed by atoms with van der Waals surface area (Å²) in [6.45, 7) is 4.44. The Bertz CT molecular complexity index is 989. The van der Waals surface area contributed by atoms with Gasteiger partial charge in [0.1, 0.15) is 6.33 Å². The van der Waals surface area contributed by atoms with E-state index in [1.165, 1.54) is 0 Å². The smallest absolute Gasteiger partial charge is 0.242 e. The van der Waals surface area contributed by atoms with Gasteiger partial charge in [-0.15, -0.1) is 0 Å². The van der Waals surface area contributed by atoms with E-state index in [1.807, 2.05) is 33.7 Å². The van der Waals surface area contributed by atoms with E-state index in [-0.39, 0.29) is 12.7 Å². The molecule has 1 atom stereocenters. The molecule has 4 heterocycles. The molecule has 1 N–H and O–H groups in total. The Morgan fingerprint density at radius 3 is 2.48 bits per heavy atom. The molecule has 10 nitrogen and oxygen atoms in total. The summed E-state index contributed by atoms with van der Waals surface area (Å²) in [6, 6.07) is 7.89. The molecule has 1 unspecified atom stereocenters. The fourth-order valence-corrected chi connectivity index (χ4v) is 3.63. The minimum absolute atomic E-state index is 0.0308. The Morgan fingerprint density at radius 2 is 1.66 bits per heavy atom. The number of aromatic nitrogens is 5. The first-order chi connectivity index (χ1) is 14.3. The van der Waals surface area contributed by atoms with Gasteiger partial charge >= 0.3 is 0 Å². The van der Waals surface area contributed by atoms with Crippen molar-refractivity contribution in [2.75, 3.05) is 62.4 Å². The van der Waals surface area contributed by atoms with Crippen LogP contribution in [0.3, 0.4) is 0 Å². The van der Waals surface area contributed by atoms with E-state index in [0.29, 0.717) is 50.8 Å². The molecule has 3 aromatic rings. The Balaban J connectivity index is 1.58. The van der Waals surface area contributed by atoms with Crippen LogP contribution < -0.4 is 9.80 Å². The van der Waals surface area contributed by atoms with E-state index >= 15 is 0 Å². The van der Waals surface area contributed by atoms with E-state index < -0.39 is 0 Å². The summed E-state index contributed by atoms with van der Waals surface area (Å²) < 4.78 is 12.9. The molecule has 0 aliphatic carbocycles. The molecule has 0 spiro atoms. The topological polar surface area (TPSA) is 102 Å². The second-order valence-corrected chi connectivity index (χ2v) is 7.06. The molecule has 0 bridgehead atoms. The average molecular weight is 397 g/mol. The molecule has 29 heavy (non-hydrogen) atoms. The van der Waals surface area contributed by atoms with Crippen LogP contribution in [0.5, 0.6) is 0 Å². The third kappa shape index (κ3) is 3.61. The predicted octanol–water partition coefficient (Wildman–Crippen LogP) is 0.245.